The van der Waals surface area contributed by atoms with Crippen molar-refractivity contribution < 1.29 is 0 Å². The van der Waals surface area contributed by atoms with Crippen LogP contribution in [0.2, 0.25) is 0 Å². The molecule has 88 valence electrons. The molecular formula is C14H22N2. The maximum absolute atomic E-state index is 3.42. The van der Waals surface area contributed by atoms with Gasteiger partial charge in [-0.2, -0.15) is 0 Å². The van der Waals surface area contributed by atoms with Crippen molar-refractivity contribution in [3.63, 3.8) is 0 Å². The molecular weight excluding hydrogens is 196 g/mol. The van der Waals surface area contributed by atoms with Crippen LogP contribution in [-0.2, 0) is 6.42 Å². The highest BCUT2D eigenvalue weighted by Crippen LogP contribution is 2.09. The highest BCUT2D eigenvalue weighted by molar-refractivity contribution is 5.21. The molecule has 0 radical (unpaired) electrons. The smallest absolute Gasteiger partial charge is 0.0229 e. The van der Waals surface area contributed by atoms with Crippen molar-refractivity contribution in [1.82, 2.24) is 10.2 Å². The SMILES string of the molecule is Cc1ccc(CCN(C)C2CCNC2)cc1. The molecule has 1 N–H and O–H groups in total. The Balaban J connectivity index is 1.80. The Morgan fingerprint density at radius 3 is 2.69 bits per heavy atom. The molecule has 0 aliphatic carbocycles. The van der Waals surface area contributed by atoms with Crippen molar-refractivity contribution in [1.29, 1.82) is 0 Å². The minimum Gasteiger partial charge on any atom is -0.315 e. The van der Waals surface area contributed by atoms with Crippen molar-refractivity contribution in [3.05, 3.63) is 35.4 Å². The highest BCUT2D eigenvalue weighted by atomic mass is 15.2. The molecule has 0 spiro atoms. The first-order valence-corrected chi connectivity index (χ1v) is 6.22. The molecule has 1 fully saturated rings. The van der Waals surface area contributed by atoms with E-state index in [9.17, 15) is 0 Å². The van der Waals surface area contributed by atoms with E-state index in [1.165, 1.54) is 24.1 Å². The van der Waals surface area contributed by atoms with Gasteiger partial charge < -0.3 is 10.2 Å². The summed E-state index contributed by atoms with van der Waals surface area (Å²) in [7, 11) is 2.24. The summed E-state index contributed by atoms with van der Waals surface area (Å²) in [5.41, 5.74) is 2.79. The second kappa shape index (κ2) is 5.46. The van der Waals surface area contributed by atoms with Crippen LogP contribution in [0.3, 0.4) is 0 Å². The monoisotopic (exact) mass is 218 g/mol. The Kier molecular flexibility index (Phi) is 3.97. The van der Waals surface area contributed by atoms with Gasteiger partial charge in [-0.3, -0.25) is 0 Å². The largest absolute Gasteiger partial charge is 0.315 e. The van der Waals surface area contributed by atoms with E-state index in [-0.39, 0.29) is 0 Å². The Labute approximate surface area is 98.7 Å². The summed E-state index contributed by atoms with van der Waals surface area (Å²) < 4.78 is 0. The number of hydrogen-bond donors (Lipinski definition) is 1. The average Bonchev–Trinajstić information content (AvgIpc) is 2.81. The van der Waals surface area contributed by atoms with Crippen LogP contribution < -0.4 is 5.32 Å². The molecule has 1 heterocycles. The van der Waals surface area contributed by atoms with Gasteiger partial charge in [-0.25, -0.2) is 0 Å². The van der Waals surface area contributed by atoms with Crippen molar-refractivity contribution in [2.75, 3.05) is 26.7 Å². The summed E-state index contributed by atoms with van der Waals surface area (Å²) >= 11 is 0. The van der Waals surface area contributed by atoms with E-state index >= 15 is 0 Å². The third-order valence-electron chi connectivity index (χ3n) is 3.53. The number of aryl methyl sites for hydroxylation is 1. The molecule has 0 saturated carbocycles. The quantitative estimate of drug-likeness (QED) is 0.829. The molecule has 1 saturated heterocycles. The van der Waals surface area contributed by atoms with Crippen LogP contribution in [0.5, 0.6) is 0 Å². The molecule has 1 atom stereocenters. The Morgan fingerprint density at radius 2 is 2.06 bits per heavy atom. The van der Waals surface area contributed by atoms with Gasteiger partial charge in [-0.05, 0) is 38.9 Å². The molecule has 0 amide bonds. The van der Waals surface area contributed by atoms with E-state index in [1.807, 2.05) is 0 Å². The Bertz CT molecular complexity index is 312. The van der Waals surface area contributed by atoms with Crippen LogP contribution in [0.25, 0.3) is 0 Å². The zero-order chi connectivity index (χ0) is 11.4. The fourth-order valence-corrected chi connectivity index (χ4v) is 2.26. The van der Waals surface area contributed by atoms with Gasteiger partial charge >= 0.3 is 0 Å². The molecule has 2 heteroatoms. The number of likely N-dealkylation sites (N-methyl/N-ethyl adjacent to an activating group) is 1. The van der Waals surface area contributed by atoms with Crippen molar-refractivity contribution in [3.8, 4) is 0 Å². The lowest BCUT2D eigenvalue weighted by Crippen LogP contribution is -2.34. The summed E-state index contributed by atoms with van der Waals surface area (Å²) in [5, 5.41) is 3.42. The highest BCUT2D eigenvalue weighted by Gasteiger charge is 2.18. The number of nitrogens with zero attached hydrogens (tertiary/aromatic N) is 1. The topological polar surface area (TPSA) is 15.3 Å². The van der Waals surface area contributed by atoms with Gasteiger partial charge in [0, 0.05) is 19.1 Å². The first-order valence-electron chi connectivity index (χ1n) is 6.22. The third kappa shape index (κ3) is 3.06. The molecule has 1 unspecified atom stereocenters. The summed E-state index contributed by atoms with van der Waals surface area (Å²) in [6, 6.07) is 9.64. The second-order valence-electron chi connectivity index (χ2n) is 4.86. The van der Waals surface area contributed by atoms with E-state index in [1.54, 1.807) is 0 Å². The summed E-state index contributed by atoms with van der Waals surface area (Å²) in [6.07, 6.45) is 2.46. The van der Waals surface area contributed by atoms with E-state index in [2.05, 4.69) is 48.5 Å². The molecule has 0 aromatic heterocycles. The fraction of sp³-hybridized carbons (Fsp3) is 0.571. The average molecular weight is 218 g/mol. The molecule has 1 aliphatic heterocycles. The lowest BCUT2D eigenvalue weighted by molar-refractivity contribution is 0.260. The van der Waals surface area contributed by atoms with Crippen molar-refractivity contribution >= 4 is 0 Å². The molecule has 1 aliphatic rings. The van der Waals surface area contributed by atoms with Gasteiger partial charge in [-0.15, -0.1) is 0 Å². The molecule has 2 rings (SSSR count). The van der Waals surface area contributed by atoms with E-state index in [4.69, 9.17) is 0 Å². The van der Waals surface area contributed by atoms with Gasteiger partial charge in [0.15, 0.2) is 0 Å². The minimum absolute atomic E-state index is 0.741. The normalized spacial score (nSPS) is 20.6. The van der Waals surface area contributed by atoms with Crippen LogP contribution in [0.15, 0.2) is 24.3 Å². The number of nitrogens with one attached hydrogen (secondary N) is 1. The summed E-state index contributed by atoms with van der Waals surface area (Å²) in [4.78, 5) is 2.49. The predicted octanol–water partition coefficient (Wildman–Crippen LogP) is 1.83. The van der Waals surface area contributed by atoms with E-state index in [0.29, 0.717) is 0 Å². The van der Waals surface area contributed by atoms with Crippen molar-refractivity contribution in [2.24, 2.45) is 0 Å². The molecule has 16 heavy (non-hydrogen) atoms. The van der Waals surface area contributed by atoms with Crippen LogP contribution >= 0.6 is 0 Å². The zero-order valence-electron chi connectivity index (χ0n) is 10.4. The van der Waals surface area contributed by atoms with Crippen LogP contribution in [0, 0.1) is 6.92 Å². The lowest BCUT2D eigenvalue weighted by atomic mass is 10.1. The Morgan fingerprint density at radius 1 is 1.31 bits per heavy atom. The minimum atomic E-state index is 0.741. The second-order valence-corrected chi connectivity index (χ2v) is 4.86. The fourth-order valence-electron chi connectivity index (χ4n) is 2.26. The lowest BCUT2D eigenvalue weighted by Gasteiger charge is -2.23. The first kappa shape index (κ1) is 11.6. The maximum Gasteiger partial charge on any atom is 0.0229 e. The van der Waals surface area contributed by atoms with Gasteiger partial charge in [0.05, 0.1) is 0 Å². The number of hydrogen-bond acceptors (Lipinski definition) is 2. The number of benzene rings is 1. The zero-order valence-corrected chi connectivity index (χ0v) is 10.4. The molecule has 2 nitrogen and oxygen atoms in total. The van der Waals surface area contributed by atoms with Gasteiger partial charge in [0.2, 0.25) is 0 Å². The maximum atomic E-state index is 3.42. The van der Waals surface area contributed by atoms with E-state index in [0.717, 1.165) is 25.6 Å². The van der Waals surface area contributed by atoms with Gasteiger partial charge in [0.25, 0.3) is 0 Å². The number of rotatable bonds is 4. The van der Waals surface area contributed by atoms with Crippen LogP contribution in [-0.4, -0.2) is 37.6 Å². The summed E-state index contributed by atoms with van der Waals surface area (Å²) in [5.74, 6) is 0. The predicted molar refractivity (Wildman–Crippen MR) is 68.8 cm³/mol. The third-order valence-corrected chi connectivity index (χ3v) is 3.53. The summed E-state index contributed by atoms with van der Waals surface area (Å²) in [6.45, 7) is 5.64. The van der Waals surface area contributed by atoms with E-state index < -0.39 is 0 Å². The van der Waals surface area contributed by atoms with Crippen LogP contribution in [0.1, 0.15) is 17.5 Å². The first-order chi connectivity index (χ1) is 7.75. The molecule has 0 bridgehead atoms. The standard InChI is InChI=1S/C14H22N2/c1-12-3-5-13(6-4-12)8-10-16(2)14-7-9-15-11-14/h3-6,14-15H,7-11H2,1-2H3. The van der Waals surface area contributed by atoms with Gasteiger partial charge in [0.1, 0.15) is 0 Å². The molecule has 1 aromatic rings. The Hall–Kier alpha value is -0.860. The van der Waals surface area contributed by atoms with Crippen molar-refractivity contribution in [2.45, 2.75) is 25.8 Å². The van der Waals surface area contributed by atoms with Crippen LogP contribution in [0.4, 0.5) is 0 Å². The molecule has 1 aromatic carbocycles. The van der Waals surface area contributed by atoms with Gasteiger partial charge in [-0.1, -0.05) is 29.8 Å².